The van der Waals surface area contributed by atoms with Crippen LogP contribution in [0.1, 0.15) is 36.2 Å². The summed E-state index contributed by atoms with van der Waals surface area (Å²) < 4.78 is 49.4. The summed E-state index contributed by atoms with van der Waals surface area (Å²) in [6, 6.07) is 10.7. The third-order valence-corrected chi connectivity index (χ3v) is 3.71. The van der Waals surface area contributed by atoms with E-state index in [9.17, 15) is 22.8 Å². The van der Waals surface area contributed by atoms with E-state index >= 15 is 0 Å². The smallest absolute Gasteiger partial charge is 0.418 e. The molecule has 2 aromatic rings. The van der Waals surface area contributed by atoms with Gasteiger partial charge in [-0.3, -0.25) is 4.79 Å². The maximum Gasteiger partial charge on any atom is 0.418 e. The van der Waals surface area contributed by atoms with Crippen LogP contribution in [-0.4, -0.2) is 24.6 Å². The van der Waals surface area contributed by atoms with E-state index in [-0.39, 0.29) is 5.56 Å². The molecule has 0 aliphatic heterocycles. The van der Waals surface area contributed by atoms with Crippen molar-refractivity contribution in [1.29, 1.82) is 0 Å². The fraction of sp³-hybridized carbons (Fsp3) is 0.300. The maximum absolute atomic E-state index is 13.0. The average molecular weight is 395 g/mol. The molecule has 0 fully saturated rings. The van der Waals surface area contributed by atoms with Gasteiger partial charge in [0.05, 0.1) is 23.4 Å². The molecule has 0 heterocycles. The van der Waals surface area contributed by atoms with Gasteiger partial charge >= 0.3 is 12.1 Å². The van der Waals surface area contributed by atoms with Gasteiger partial charge in [0.15, 0.2) is 6.10 Å². The van der Waals surface area contributed by atoms with Gasteiger partial charge in [0, 0.05) is 0 Å². The molecule has 0 unspecified atom stereocenters. The highest BCUT2D eigenvalue weighted by molar-refractivity contribution is 5.97. The van der Waals surface area contributed by atoms with Crippen LogP contribution in [0.5, 0.6) is 5.75 Å². The molecule has 8 heteroatoms. The number of benzene rings is 2. The lowest BCUT2D eigenvalue weighted by atomic mass is 10.1. The molecule has 5 nitrogen and oxygen atoms in total. The highest BCUT2D eigenvalue weighted by atomic mass is 19.4. The Bertz CT molecular complexity index is 819. The molecule has 0 saturated heterocycles. The first kappa shape index (κ1) is 21.3. The van der Waals surface area contributed by atoms with Crippen molar-refractivity contribution >= 4 is 17.6 Å². The zero-order valence-electron chi connectivity index (χ0n) is 15.4. The SMILES string of the molecule is CCCOc1ccc(C(=O)O[C@H](C)C(=O)Nc2ccccc2C(F)(F)F)cc1. The van der Waals surface area contributed by atoms with E-state index in [1.54, 1.807) is 12.1 Å². The first-order chi connectivity index (χ1) is 13.2. The molecule has 0 spiro atoms. The van der Waals surface area contributed by atoms with Gasteiger partial charge in [-0.25, -0.2) is 4.79 Å². The molecule has 2 rings (SSSR count). The molecule has 2 aromatic carbocycles. The molecule has 150 valence electrons. The van der Waals surface area contributed by atoms with Crippen LogP contribution in [0.4, 0.5) is 18.9 Å². The molecule has 1 N–H and O–H groups in total. The van der Waals surface area contributed by atoms with Crippen molar-refractivity contribution in [3.63, 3.8) is 0 Å². The lowest BCUT2D eigenvalue weighted by molar-refractivity contribution is -0.137. The molecule has 0 aliphatic carbocycles. The van der Waals surface area contributed by atoms with Crippen LogP contribution in [0, 0.1) is 0 Å². The average Bonchev–Trinajstić information content (AvgIpc) is 2.66. The standard InChI is InChI=1S/C20H20F3NO4/c1-3-12-27-15-10-8-14(9-11-15)19(26)28-13(2)18(25)24-17-7-5-4-6-16(17)20(21,22)23/h4-11,13H,3,12H2,1-2H3,(H,24,25)/t13-/m1/s1. The summed E-state index contributed by atoms with van der Waals surface area (Å²) >= 11 is 0. The highest BCUT2D eigenvalue weighted by Crippen LogP contribution is 2.34. The van der Waals surface area contributed by atoms with Crippen molar-refractivity contribution in [2.75, 3.05) is 11.9 Å². The van der Waals surface area contributed by atoms with Crippen molar-refractivity contribution in [1.82, 2.24) is 0 Å². The first-order valence-corrected chi connectivity index (χ1v) is 8.63. The normalized spacial score (nSPS) is 12.2. The summed E-state index contributed by atoms with van der Waals surface area (Å²) in [5.74, 6) is -1.05. The second-order valence-electron chi connectivity index (χ2n) is 5.95. The molecule has 0 bridgehead atoms. The van der Waals surface area contributed by atoms with Gasteiger partial charge in [0.1, 0.15) is 5.75 Å². The van der Waals surface area contributed by atoms with Gasteiger partial charge < -0.3 is 14.8 Å². The Kier molecular flexibility index (Phi) is 7.03. The van der Waals surface area contributed by atoms with Crippen LogP contribution in [0.15, 0.2) is 48.5 Å². The predicted molar refractivity (Wildman–Crippen MR) is 97.2 cm³/mol. The molecular formula is C20H20F3NO4. The minimum Gasteiger partial charge on any atom is -0.494 e. The lowest BCUT2D eigenvalue weighted by Crippen LogP contribution is -2.30. The molecular weight excluding hydrogens is 375 g/mol. The number of esters is 1. The molecule has 1 amide bonds. The quantitative estimate of drug-likeness (QED) is 0.692. The third-order valence-electron chi connectivity index (χ3n) is 3.71. The second-order valence-corrected chi connectivity index (χ2v) is 5.95. The molecule has 28 heavy (non-hydrogen) atoms. The van der Waals surface area contributed by atoms with Crippen molar-refractivity contribution in [2.45, 2.75) is 32.5 Å². The van der Waals surface area contributed by atoms with Crippen LogP contribution in [0.3, 0.4) is 0 Å². The van der Waals surface area contributed by atoms with Crippen LogP contribution < -0.4 is 10.1 Å². The van der Waals surface area contributed by atoms with Crippen molar-refractivity contribution in [3.8, 4) is 5.75 Å². The third kappa shape index (κ3) is 5.73. The number of nitrogens with one attached hydrogen (secondary N) is 1. The molecule has 0 aromatic heterocycles. The molecule has 1 atom stereocenters. The topological polar surface area (TPSA) is 64.6 Å². The van der Waals surface area contributed by atoms with E-state index in [1.165, 1.54) is 31.2 Å². The number of carbonyl (C=O) groups excluding carboxylic acids is 2. The number of halogens is 3. The summed E-state index contributed by atoms with van der Waals surface area (Å²) in [7, 11) is 0. The van der Waals surface area contributed by atoms with Gasteiger partial charge in [-0.05, 0) is 49.7 Å². The Morgan fingerprint density at radius 3 is 2.32 bits per heavy atom. The van der Waals surface area contributed by atoms with Gasteiger partial charge in [-0.15, -0.1) is 0 Å². The molecule has 0 radical (unpaired) electrons. The number of anilines is 1. The van der Waals surface area contributed by atoms with Gasteiger partial charge in [-0.1, -0.05) is 19.1 Å². The Labute approximate surface area is 160 Å². The van der Waals surface area contributed by atoms with Crippen molar-refractivity contribution in [3.05, 3.63) is 59.7 Å². The number of hydrogen-bond donors (Lipinski definition) is 1. The van der Waals surface area contributed by atoms with E-state index < -0.39 is 35.4 Å². The van der Waals surface area contributed by atoms with E-state index in [0.29, 0.717) is 12.4 Å². The lowest BCUT2D eigenvalue weighted by Gasteiger charge is -2.17. The van der Waals surface area contributed by atoms with Gasteiger partial charge in [-0.2, -0.15) is 13.2 Å². The summed E-state index contributed by atoms with van der Waals surface area (Å²) in [5, 5.41) is 2.15. The van der Waals surface area contributed by atoms with E-state index in [0.717, 1.165) is 18.6 Å². The molecule has 0 saturated carbocycles. The Hall–Kier alpha value is -3.03. The fourth-order valence-electron chi connectivity index (χ4n) is 2.26. The monoisotopic (exact) mass is 395 g/mol. The zero-order chi connectivity index (χ0) is 20.7. The summed E-state index contributed by atoms with van der Waals surface area (Å²) in [6.45, 7) is 3.79. The number of carbonyl (C=O) groups is 2. The number of alkyl halides is 3. The highest BCUT2D eigenvalue weighted by Gasteiger charge is 2.34. The largest absolute Gasteiger partial charge is 0.494 e. The van der Waals surface area contributed by atoms with Crippen LogP contribution in [0.25, 0.3) is 0 Å². The summed E-state index contributed by atoms with van der Waals surface area (Å²) in [4.78, 5) is 24.3. The summed E-state index contributed by atoms with van der Waals surface area (Å²) in [5.41, 5.74) is -1.19. The van der Waals surface area contributed by atoms with Crippen LogP contribution in [-0.2, 0) is 15.7 Å². The minimum absolute atomic E-state index is 0.194. The zero-order valence-corrected chi connectivity index (χ0v) is 15.4. The van der Waals surface area contributed by atoms with Gasteiger partial charge in [0.25, 0.3) is 5.91 Å². The van der Waals surface area contributed by atoms with Crippen molar-refractivity contribution < 1.29 is 32.2 Å². The predicted octanol–water partition coefficient (Wildman–Crippen LogP) is 4.68. The van der Waals surface area contributed by atoms with Gasteiger partial charge in [0.2, 0.25) is 0 Å². The second kappa shape index (κ2) is 9.25. The van der Waals surface area contributed by atoms with E-state index in [4.69, 9.17) is 9.47 Å². The molecule has 0 aliphatic rings. The first-order valence-electron chi connectivity index (χ1n) is 8.63. The minimum atomic E-state index is -4.62. The Balaban J connectivity index is 2.00. The Morgan fingerprint density at radius 2 is 1.71 bits per heavy atom. The number of ether oxygens (including phenoxy) is 2. The maximum atomic E-state index is 13.0. The number of para-hydroxylation sites is 1. The number of rotatable bonds is 7. The van der Waals surface area contributed by atoms with Crippen molar-refractivity contribution in [2.24, 2.45) is 0 Å². The Morgan fingerprint density at radius 1 is 1.07 bits per heavy atom. The van der Waals surface area contributed by atoms with E-state index in [2.05, 4.69) is 5.32 Å². The fourth-order valence-corrected chi connectivity index (χ4v) is 2.26. The van der Waals surface area contributed by atoms with E-state index in [1.807, 2.05) is 6.92 Å². The van der Waals surface area contributed by atoms with Crippen LogP contribution >= 0.6 is 0 Å². The van der Waals surface area contributed by atoms with Crippen LogP contribution in [0.2, 0.25) is 0 Å². The summed E-state index contributed by atoms with van der Waals surface area (Å²) in [6.07, 6.45) is -5.07. The number of amides is 1. The number of hydrogen-bond acceptors (Lipinski definition) is 4.